The van der Waals surface area contributed by atoms with Crippen LogP contribution >= 0.6 is 11.8 Å². The Morgan fingerprint density at radius 2 is 2.05 bits per heavy atom. The molecule has 0 amide bonds. The van der Waals surface area contributed by atoms with E-state index in [2.05, 4.69) is 30.9 Å². The van der Waals surface area contributed by atoms with Gasteiger partial charge in [0.15, 0.2) is 5.82 Å². The number of nitrogens with zero attached hydrogens (tertiary/aromatic N) is 2. The number of hydrogen-bond donors (Lipinski definition) is 1. The van der Waals surface area contributed by atoms with Gasteiger partial charge in [0.1, 0.15) is 0 Å². The van der Waals surface area contributed by atoms with Gasteiger partial charge in [0.25, 0.3) is 5.89 Å². The lowest BCUT2D eigenvalue weighted by molar-refractivity contribution is 0.425. The van der Waals surface area contributed by atoms with Crippen molar-refractivity contribution in [2.45, 2.75) is 38.2 Å². The van der Waals surface area contributed by atoms with Gasteiger partial charge < -0.3 is 10.3 Å². The SMILES string of the molecule is Cc1cc(-c2nc(CSC(C)(C)C)no2)ccc1N. The Bertz CT molecular complexity index is 572. The van der Waals surface area contributed by atoms with E-state index in [0.29, 0.717) is 5.89 Å². The molecule has 2 aromatic rings. The number of rotatable bonds is 3. The first-order chi connectivity index (χ1) is 8.85. The topological polar surface area (TPSA) is 64.9 Å². The van der Waals surface area contributed by atoms with Crippen LogP contribution in [-0.2, 0) is 5.75 Å². The number of aromatic nitrogens is 2. The molecule has 0 aliphatic heterocycles. The summed E-state index contributed by atoms with van der Waals surface area (Å²) in [5.74, 6) is 2.03. The van der Waals surface area contributed by atoms with Crippen molar-refractivity contribution >= 4 is 17.4 Å². The van der Waals surface area contributed by atoms with Crippen LogP contribution in [0.4, 0.5) is 5.69 Å². The molecule has 0 saturated heterocycles. The zero-order chi connectivity index (χ0) is 14.0. The normalized spacial score (nSPS) is 11.8. The van der Waals surface area contributed by atoms with E-state index in [4.69, 9.17) is 10.3 Å². The fourth-order valence-electron chi connectivity index (χ4n) is 1.52. The molecule has 5 heteroatoms. The van der Waals surface area contributed by atoms with Crippen LogP contribution in [0, 0.1) is 6.92 Å². The lowest BCUT2D eigenvalue weighted by Gasteiger charge is -2.15. The molecular formula is C14H19N3OS. The molecular weight excluding hydrogens is 258 g/mol. The summed E-state index contributed by atoms with van der Waals surface area (Å²) in [6, 6.07) is 5.72. The van der Waals surface area contributed by atoms with Crippen LogP contribution < -0.4 is 5.73 Å². The van der Waals surface area contributed by atoms with Gasteiger partial charge in [0.2, 0.25) is 0 Å². The molecule has 2 rings (SSSR count). The maximum absolute atomic E-state index is 5.80. The Hall–Kier alpha value is -1.49. The second-order valence-electron chi connectivity index (χ2n) is 5.49. The van der Waals surface area contributed by atoms with Gasteiger partial charge in [-0.1, -0.05) is 25.9 Å². The summed E-state index contributed by atoms with van der Waals surface area (Å²) >= 11 is 1.80. The predicted molar refractivity (Wildman–Crippen MR) is 79.9 cm³/mol. The zero-order valence-electron chi connectivity index (χ0n) is 11.7. The van der Waals surface area contributed by atoms with Gasteiger partial charge in [-0.3, -0.25) is 0 Å². The van der Waals surface area contributed by atoms with E-state index in [0.717, 1.165) is 28.4 Å². The molecule has 1 aromatic heterocycles. The smallest absolute Gasteiger partial charge is 0.257 e. The lowest BCUT2D eigenvalue weighted by atomic mass is 10.1. The van der Waals surface area contributed by atoms with Crippen molar-refractivity contribution in [3.05, 3.63) is 29.6 Å². The van der Waals surface area contributed by atoms with E-state index in [9.17, 15) is 0 Å². The van der Waals surface area contributed by atoms with E-state index >= 15 is 0 Å². The fourth-order valence-corrected chi connectivity index (χ4v) is 2.20. The highest BCUT2D eigenvalue weighted by Crippen LogP contribution is 2.27. The van der Waals surface area contributed by atoms with Crippen molar-refractivity contribution in [1.29, 1.82) is 0 Å². The van der Waals surface area contributed by atoms with E-state index < -0.39 is 0 Å². The molecule has 0 bridgehead atoms. The first kappa shape index (κ1) is 13.9. The van der Waals surface area contributed by atoms with E-state index in [1.54, 1.807) is 11.8 Å². The number of hydrogen-bond acceptors (Lipinski definition) is 5. The Morgan fingerprint density at radius 1 is 1.32 bits per heavy atom. The van der Waals surface area contributed by atoms with Crippen molar-refractivity contribution in [1.82, 2.24) is 10.1 Å². The molecule has 1 aromatic carbocycles. The van der Waals surface area contributed by atoms with Gasteiger partial charge in [-0.25, -0.2) is 0 Å². The summed E-state index contributed by atoms with van der Waals surface area (Å²) in [5, 5.41) is 4.01. The Balaban J connectivity index is 2.14. The van der Waals surface area contributed by atoms with Crippen LogP contribution in [0.25, 0.3) is 11.5 Å². The Labute approximate surface area is 117 Å². The summed E-state index contributed by atoms with van der Waals surface area (Å²) < 4.78 is 5.49. The van der Waals surface area contributed by atoms with Crippen molar-refractivity contribution in [3.63, 3.8) is 0 Å². The molecule has 0 atom stereocenters. The largest absolute Gasteiger partial charge is 0.399 e. The van der Waals surface area contributed by atoms with Gasteiger partial charge >= 0.3 is 0 Å². The third kappa shape index (κ3) is 3.73. The van der Waals surface area contributed by atoms with Crippen molar-refractivity contribution in [3.8, 4) is 11.5 Å². The highest BCUT2D eigenvalue weighted by atomic mass is 32.2. The summed E-state index contributed by atoms with van der Waals surface area (Å²) in [6.45, 7) is 8.47. The summed E-state index contributed by atoms with van der Waals surface area (Å²) in [5.41, 5.74) is 8.49. The molecule has 1 heterocycles. The number of nitrogens with two attached hydrogens (primary N) is 1. The Morgan fingerprint density at radius 3 is 2.68 bits per heavy atom. The minimum atomic E-state index is 0.193. The van der Waals surface area contributed by atoms with Gasteiger partial charge in [0.05, 0.1) is 5.75 Å². The van der Waals surface area contributed by atoms with E-state index in [-0.39, 0.29) is 4.75 Å². The monoisotopic (exact) mass is 277 g/mol. The van der Waals surface area contributed by atoms with Crippen LogP contribution in [0.1, 0.15) is 32.2 Å². The molecule has 0 radical (unpaired) electrons. The highest BCUT2D eigenvalue weighted by molar-refractivity contribution is 7.99. The Kier molecular flexibility index (Phi) is 3.85. The van der Waals surface area contributed by atoms with Crippen LogP contribution in [0.3, 0.4) is 0 Å². The second kappa shape index (κ2) is 5.25. The summed E-state index contributed by atoms with van der Waals surface area (Å²) in [4.78, 5) is 4.41. The summed E-state index contributed by atoms with van der Waals surface area (Å²) in [6.07, 6.45) is 0. The molecule has 4 nitrogen and oxygen atoms in total. The average Bonchev–Trinajstić information content (AvgIpc) is 2.78. The third-order valence-electron chi connectivity index (χ3n) is 2.62. The number of anilines is 1. The quantitative estimate of drug-likeness (QED) is 0.867. The maximum atomic E-state index is 5.80. The molecule has 19 heavy (non-hydrogen) atoms. The van der Waals surface area contributed by atoms with E-state index in [1.165, 1.54) is 0 Å². The van der Waals surface area contributed by atoms with Crippen molar-refractivity contribution < 1.29 is 4.52 Å². The molecule has 0 unspecified atom stereocenters. The zero-order valence-corrected chi connectivity index (χ0v) is 12.5. The molecule has 0 saturated carbocycles. The molecule has 0 aliphatic carbocycles. The second-order valence-corrected chi connectivity index (χ2v) is 7.29. The highest BCUT2D eigenvalue weighted by Gasteiger charge is 2.14. The number of thioether (sulfide) groups is 1. The molecule has 102 valence electrons. The predicted octanol–water partition coefficient (Wildman–Crippen LogP) is 3.66. The molecule has 2 N–H and O–H groups in total. The maximum Gasteiger partial charge on any atom is 0.257 e. The van der Waals surface area contributed by atoms with E-state index in [1.807, 2.05) is 25.1 Å². The molecule has 0 fully saturated rings. The first-order valence-electron chi connectivity index (χ1n) is 6.18. The van der Waals surface area contributed by atoms with Gasteiger partial charge in [-0.15, -0.1) is 11.8 Å². The minimum absolute atomic E-state index is 0.193. The minimum Gasteiger partial charge on any atom is -0.399 e. The van der Waals surface area contributed by atoms with Crippen molar-refractivity contribution in [2.75, 3.05) is 5.73 Å². The van der Waals surface area contributed by atoms with Crippen molar-refractivity contribution in [2.24, 2.45) is 0 Å². The fraction of sp³-hybridized carbons (Fsp3) is 0.429. The van der Waals surface area contributed by atoms with Gasteiger partial charge in [-0.2, -0.15) is 4.98 Å². The van der Waals surface area contributed by atoms with Gasteiger partial charge in [0, 0.05) is 16.0 Å². The standard InChI is InChI=1S/C14H19N3OS/c1-9-7-10(5-6-11(9)15)13-16-12(17-18-13)8-19-14(2,3)4/h5-7H,8,15H2,1-4H3. The first-order valence-corrected chi connectivity index (χ1v) is 7.17. The van der Waals surface area contributed by atoms with Crippen LogP contribution in [0.5, 0.6) is 0 Å². The third-order valence-corrected chi connectivity index (χ3v) is 3.89. The van der Waals surface area contributed by atoms with Gasteiger partial charge in [-0.05, 0) is 30.7 Å². The van der Waals surface area contributed by atoms with Crippen LogP contribution in [-0.4, -0.2) is 14.9 Å². The number of nitrogen functional groups attached to an aromatic ring is 1. The van der Waals surface area contributed by atoms with Crippen LogP contribution in [0.2, 0.25) is 0 Å². The van der Waals surface area contributed by atoms with Crippen LogP contribution in [0.15, 0.2) is 22.7 Å². The average molecular weight is 277 g/mol. The lowest BCUT2D eigenvalue weighted by Crippen LogP contribution is -2.07. The number of aryl methyl sites for hydroxylation is 1. The molecule has 0 spiro atoms. The molecule has 0 aliphatic rings. The summed E-state index contributed by atoms with van der Waals surface area (Å²) in [7, 11) is 0. The number of benzene rings is 1.